The van der Waals surface area contributed by atoms with Gasteiger partial charge in [0.25, 0.3) is 0 Å². The maximum Gasteiger partial charge on any atom is 0.0542 e. The van der Waals surface area contributed by atoms with Crippen molar-refractivity contribution in [2.24, 2.45) is 0 Å². The highest BCUT2D eigenvalue weighted by Crippen LogP contribution is 2.47. The molecule has 0 saturated carbocycles. The maximum atomic E-state index is 2.47. The number of benzene rings is 9. The van der Waals surface area contributed by atoms with Crippen molar-refractivity contribution in [2.45, 2.75) is 52.4 Å². The first-order valence-electron chi connectivity index (χ1n) is 21.2. The lowest BCUT2D eigenvalue weighted by Gasteiger charge is -2.29. The molecule has 292 valence electrons. The van der Waals surface area contributed by atoms with Crippen LogP contribution < -0.4 is 4.90 Å². The Labute approximate surface area is 354 Å². The number of hydrogen-bond donors (Lipinski definition) is 0. The summed E-state index contributed by atoms with van der Waals surface area (Å²) in [4.78, 5) is 2.47. The smallest absolute Gasteiger partial charge is 0.0542 e. The third kappa shape index (κ3) is 6.53. The lowest BCUT2D eigenvalue weighted by molar-refractivity contribution is 0.569. The second-order valence-corrected chi connectivity index (χ2v) is 18.3. The molecule has 10 rings (SSSR count). The SMILES string of the molecule is CC(C)(C)c1cc(-c2cccc3cccc(-c4ccccc4N(c4ccc5ccccc5c4)c4ccc5c(c4)c4ccccc4n5-c4ccccc4)c23)cc(C(C)(C)C)c1. The molecule has 60 heavy (non-hydrogen) atoms. The van der Waals surface area contributed by atoms with E-state index in [1.165, 1.54) is 76.7 Å². The van der Waals surface area contributed by atoms with Crippen LogP contribution in [0.25, 0.3) is 71.3 Å². The molecule has 0 saturated heterocycles. The Hall–Kier alpha value is -6.90. The molecule has 0 amide bonds. The topological polar surface area (TPSA) is 8.17 Å². The molecule has 1 aromatic heterocycles. The van der Waals surface area contributed by atoms with Crippen LogP contribution in [0.5, 0.6) is 0 Å². The lowest BCUT2D eigenvalue weighted by atomic mass is 9.78. The zero-order valence-electron chi connectivity index (χ0n) is 35.4. The van der Waals surface area contributed by atoms with Crippen LogP contribution in [0.1, 0.15) is 52.7 Å². The minimum Gasteiger partial charge on any atom is -0.310 e. The van der Waals surface area contributed by atoms with Gasteiger partial charge in [-0.3, -0.25) is 0 Å². The summed E-state index contributed by atoms with van der Waals surface area (Å²) in [7, 11) is 0. The number of para-hydroxylation sites is 3. The van der Waals surface area contributed by atoms with E-state index in [-0.39, 0.29) is 10.8 Å². The van der Waals surface area contributed by atoms with E-state index in [1.54, 1.807) is 0 Å². The Balaban J connectivity index is 1.23. The highest BCUT2D eigenvalue weighted by atomic mass is 15.1. The zero-order chi connectivity index (χ0) is 41.2. The van der Waals surface area contributed by atoms with E-state index < -0.39 is 0 Å². The average Bonchev–Trinajstić information content (AvgIpc) is 3.59. The largest absolute Gasteiger partial charge is 0.310 e. The van der Waals surface area contributed by atoms with Crippen LogP contribution in [0.2, 0.25) is 0 Å². The van der Waals surface area contributed by atoms with E-state index in [1.807, 2.05) is 0 Å². The molecular weight excluding hydrogens is 725 g/mol. The van der Waals surface area contributed by atoms with E-state index >= 15 is 0 Å². The zero-order valence-corrected chi connectivity index (χ0v) is 35.4. The Morgan fingerprint density at radius 3 is 1.70 bits per heavy atom. The van der Waals surface area contributed by atoms with Gasteiger partial charge in [-0.05, 0) is 115 Å². The van der Waals surface area contributed by atoms with Gasteiger partial charge in [0.05, 0.1) is 16.7 Å². The predicted octanol–water partition coefficient (Wildman–Crippen LogP) is 16.5. The van der Waals surface area contributed by atoms with Crippen molar-refractivity contribution in [1.82, 2.24) is 4.57 Å². The molecule has 0 fully saturated rings. The second kappa shape index (κ2) is 14.4. The molecule has 0 bridgehead atoms. The third-order valence-corrected chi connectivity index (χ3v) is 12.2. The highest BCUT2D eigenvalue weighted by Gasteiger charge is 2.24. The van der Waals surface area contributed by atoms with Crippen molar-refractivity contribution in [3.05, 3.63) is 205 Å². The predicted molar refractivity (Wildman–Crippen MR) is 259 cm³/mol. The fraction of sp³-hybridized carbons (Fsp3) is 0.138. The van der Waals surface area contributed by atoms with E-state index in [2.05, 4.69) is 245 Å². The summed E-state index contributed by atoms with van der Waals surface area (Å²) < 4.78 is 2.39. The number of rotatable bonds is 6. The van der Waals surface area contributed by atoms with Crippen molar-refractivity contribution in [3.8, 4) is 27.9 Å². The fourth-order valence-electron chi connectivity index (χ4n) is 9.05. The van der Waals surface area contributed by atoms with Gasteiger partial charge in [0.15, 0.2) is 0 Å². The summed E-state index contributed by atoms with van der Waals surface area (Å²) in [6, 6.07) is 71.8. The van der Waals surface area contributed by atoms with Crippen LogP contribution in [-0.4, -0.2) is 4.57 Å². The van der Waals surface area contributed by atoms with Gasteiger partial charge < -0.3 is 9.47 Å². The Morgan fingerprint density at radius 1 is 0.383 bits per heavy atom. The van der Waals surface area contributed by atoms with Crippen LogP contribution >= 0.6 is 0 Å². The summed E-state index contributed by atoms with van der Waals surface area (Å²) in [6.07, 6.45) is 0. The molecule has 0 unspecified atom stereocenters. The van der Waals surface area contributed by atoms with E-state index in [4.69, 9.17) is 0 Å². The number of fused-ring (bicyclic) bond motifs is 5. The van der Waals surface area contributed by atoms with Gasteiger partial charge in [-0.25, -0.2) is 0 Å². The second-order valence-electron chi connectivity index (χ2n) is 18.3. The first-order valence-corrected chi connectivity index (χ1v) is 21.2. The van der Waals surface area contributed by atoms with Gasteiger partial charge in [0.2, 0.25) is 0 Å². The third-order valence-electron chi connectivity index (χ3n) is 12.2. The summed E-state index contributed by atoms with van der Waals surface area (Å²) in [5.41, 5.74) is 14.5. The average molecular weight is 775 g/mol. The quantitative estimate of drug-likeness (QED) is 0.163. The Morgan fingerprint density at radius 2 is 0.950 bits per heavy atom. The molecular formula is C58H50N2. The van der Waals surface area contributed by atoms with Crippen LogP contribution in [0.4, 0.5) is 17.1 Å². The summed E-state index contributed by atoms with van der Waals surface area (Å²) in [5.74, 6) is 0. The van der Waals surface area contributed by atoms with Crippen LogP contribution in [0.15, 0.2) is 194 Å². The number of anilines is 3. The van der Waals surface area contributed by atoms with Gasteiger partial charge in [-0.2, -0.15) is 0 Å². The fourth-order valence-corrected chi connectivity index (χ4v) is 9.05. The number of hydrogen-bond acceptors (Lipinski definition) is 1. The summed E-state index contributed by atoms with van der Waals surface area (Å²) in [6.45, 7) is 13.9. The van der Waals surface area contributed by atoms with Crippen molar-refractivity contribution >= 4 is 60.4 Å². The first kappa shape index (κ1) is 37.4. The van der Waals surface area contributed by atoms with Crippen LogP contribution in [0, 0.1) is 0 Å². The van der Waals surface area contributed by atoms with Crippen LogP contribution in [0.3, 0.4) is 0 Å². The van der Waals surface area contributed by atoms with Crippen molar-refractivity contribution in [3.63, 3.8) is 0 Å². The molecule has 0 atom stereocenters. The van der Waals surface area contributed by atoms with Gasteiger partial charge in [0, 0.05) is 33.4 Å². The minimum atomic E-state index is 0.00484. The molecule has 2 heteroatoms. The molecule has 2 nitrogen and oxygen atoms in total. The van der Waals surface area contributed by atoms with Crippen molar-refractivity contribution in [2.75, 3.05) is 4.90 Å². The summed E-state index contributed by atoms with van der Waals surface area (Å²) >= 11 is 0. The van der Waals surface area contributed by atoms with Gasteiger partial charge in [0.1, 0.15) is 0 Å². The van der Waals surface area contributed by atoms with E-state index in [0.717, 1.165) is 22.7 Å². The number of nitrogens with zero attached hydrogens (tertiary/aromatic N) is 2. The standard InChI is InChI=1S/C58H50N2/c1-57(2,3)43-34-42(35-44(37-43)58(4,5)6)48-26-16-20-40-21-17-27-51(56(40)48)49-24-12-14-28-53(49)59(46-31-30-39-18-10-11-19-41(39)36-46)47-32-33-55-52(38-47)50-25-13-15-29-54(50)60(55)45-22-8-7-9-23-45/h7-38H,1-6H3. The Bertz CT molecular complexity index is 3190. The first-order chi connectivity index (χ1) is 29.0. The Kier molecular flexibility index (Phi) is 8.99. The lowest BCUT2D eigenvalue weighted by Crippen LogP contribution is -2.16. The molecule has 0 spiro atoms. The van der Waals surface area contributed by atoms with Crippen molar-refractivity contribution in [1.29, 1.82) is 0 Å². The molecule has 0 aliphatic heterocycles. The number of aromatic nitrogens is 1. The monoisotopic (exact) mass is 774 g/mol. The van der Waals surface area contributed by atoms with Crippen molar-refractivity contribution < 1.29 is 0 Å². The summed E-state index contributed by atoms with van der Waals surface area (Å²) in [5, 5.41) is 7.37. The molecule has 10 aromatic rings. The van der Waals surface area contributed by atoms with Crippen LogP contribution in [-0.2, 0) is 10.8 Å². The molecule has 9 aromatic carbocycles. The molecule has 0 aliphatic carbocycles. The maximum absolute atomic E-state index is 2.47. The minimum absolute atomic E-state index is 0.00484. The molecule has 0 radical (unpaired) electrons. The molecule has 0 aliphatic rings. The molecule has 0 N–H and O–H groups in total. The van der Waals surface area contributed by atoms with Gasteiger partial charge in [-0.1, -0.05) is 181 Å². The van der Waals surface area contributed by atoms with E-state index in [0.29, 0.717) is 0 Å². The van der Waals surface area contributed by atoms with Gasteiger partial charge in [-0.15, -0.1) is 0 Å². The molecule has 1 heterocycles. The van der Waals surface area contributed by atoms with E-state index in [9.17, 15) is 0 Å². The normalized spacial score (nSPS) is 12.2. The highest BCUT2D eigenvalue weighted by molar-refractivity contribution is 6.12. The van der Waals surface area contributed by atoms with Gasteiger partial charge >= 0.3 is 0 Å².